The Hall–Kier alpha value is -3.78. The molecule has 4 heterocycles. The largest absolute Gasteiger partial charge is 0.374 e. The molecule has 0 saturated heterocycles. The number of rotatable bonds is 3. The summed E-state index contributed by atoms with van der Waals surface area (Å²) in [4.78, 5) is 20.1. The topological polar surface area (TPSA) is 102 Å². The van der Waals surface area contributed by atoms with E-state index in [4.69, 9.17) is 10.7 Å². The number of pyridine rings is 2. The van der Waals surface area contributed by atoms with Gasteiger partial charge in [0.15, 0.2) is 0 Å². The van der Waals surface area contributed by atoms with Gasteiger partial charge in [0.1, 0.15) is 10.8 Å². The third-order valence-electron chi connectivity index (χ3n) is 4.45. The Kier molecular flexibility index (Phi) is 3.77. The van der Waals surface area contributed by atoms with Crippen LogP contribution in [-0.4, -0.2) is 24.7 Å². The molecule has 0 aliphatic carbocycles. The molecule has 0 aliphatic heterocycles. The van der Waals surface area contributed by atoms with Crippen molar-refractivity contribution in [3.05, 3.63) is 77.3 Å². The van der Waals surface area contributed by atoms with Gasteiger partial charge in [0.25, 0.3) is 5.56 Å². The molecule has 0 fully saturated rings. The first-order valence-electron chi connectivity index (χ1n) is 8.55. The van der Waals surface area contributed by atoms with Crippen molar-refractivity contribution < 1.29 is 0 Å². The average Bonchev–Trinajstić information content (AvgIpc) is 3.34. The van der Waals surface area contributed by atoms with Crippen LogP contribution in [0.3, 0.4) is 0 Å². The van der Waals surface area contributed by atoms with Crippen LogP contribution in [0.2, 0.25) is 0 Å². The van der Waals surface area contributed by atoms with E-state index in [2.05, 4.69) is 15.2 Å². The fourth-order valence-corrected chi connectivity index (χ4v) is 3.75. The van der Waals surface area contributed by atoms with Crippen molar-refractivity contribution in [1.29, 1.82) is 0 Å². The minimum absolute atomic E-state index is 0.123. The normalized spacial score (nSPS) is 11.1. The fourth-order valence-electron chi connectivity index (χ4n) is 3.14. The third-order valence-corrected chi connectivity index (χ3v) is 5.25. The molecular weight excluding hydrogens is 372 g/mol. The van der Waals surface area contributed by atoms with Crippen molar-refractivity contribution in [3.8, 4) is 27.6 Å². The van der Waals surface area contributed by atoms with Crippen molar-refractivity contribution >= 4 is 27.4 Å². The van der Waals surface area contributed by atoms with Crippen molar-refractivity contribution in [3.63, 3.8) is 0 Å². The van der Waals surface area contributed by atoms with Gasteiger partial charge in [-0.25, -0.2) is 4.98 Å². The number of nitrogens with one attached hydrogen (secondary N) is 1. The van der Waals surface area contributed by atoms with E-state index >= 15 is 0 Å². The van der Waals surface area contributed by atoms with Gasteiger partial charge in [-0.05, 0) is 36.4 Å². The number of nitrogen functional groups attached to an aromatic ring is 1. The smallest absolute Gasteiger partial charge is 0.256 e. The number of H-pyrrole nitrogens is 1. The lowest BCUT2D eigenvalue weighted by molar-refractivity contribution is 0.943. The summed E-state index contributed by atoms with van der Waals surface area (Å²) < 4.78 is 1.52. The van der Waals surface area contributed by atoms with Crippen LogP contribution in [0.15, 0.2) is 71.8 Å². The lowest BCUT2D eigenvalue weighted by Gasteiger charge is -2.06. The van der Waals surface area contributed by atoms with Gasteiger partial charge in [0.2, 0.25) is 5.13 Å². The van der Waals surface area contributed by atoms with Crippen molar-refractivity contribution in [1.82, 2.24) is 24.7 Å². The minimum atomic E-state index is -0.123. The van der Waals surface area contributed by atoms with Crippen molar-refractivity contribution in [2.75, 3.05) is 5.73 Å². The van der Waals surface area contributed by atoms with Crippen LogP contribution >= 0.6 is 11.3 Å². The summed E-state index contributed by atoms with van der Waals surface area (Å²) in [6, 6.07) is 16.7. The van der Waals surface area contributed by atoms with Crippen LogP contribution in [0.4, 0.5) is 5.13 Å². The average molecular weight is 386 g/mol. The highest BCUT2D eigenvalue weighted by atomic mass is 32.1. The van der Waals surface area contributed by atoms with E-state index in [9.17, 15) is 4.79 Å². The Morgan fingerprint density at radius 3 is 2.79 bits per heavy atom. The molecule has 136 valence electrons. The van der Waals surface area contributed by atoms with Gasteiger partial charge in [0, 0.05) is 40.5 Å². The molecule has 4 aromatic heterocycles. The summed E-state index contributed by atoms with van der Waals surface area (Å²) >= 11 is 1.35. The first-order valence-corrected chi connectivity index (χ1v) is 9.37. The van der Waals surface area contributed by atoms with E-state index in [1.807, 2.05) is 48.7 Å². The molecule has 1 aromatic carbocycles. The zero-order valence-corrected chi connectivity index (χ0v) is 15.4. The summed E-state index contributed by atoms with van der Waals surface area (Å²) in [7, 11) is 0. The monoisotopic (exact) mass is 386 g/mol. The second kappa shape index (κ2) is 6.43. The van der Waals surface area contributed by atoms with Gasteiger partial charge in [-0.3, -0.25) is 9.36 Å². The molecule has 5 rings (SSSR count). The molecule has 0 radical (unpaired) electrons. The van der Waals surface area contributed by atoms with E-state index in [0.717, 1.165) is 32.7 Å². The maximum Gasteiger partial charge on any atom is 0.256 e. The standard InChI is InChI=1S/C20H14N6OS/c21-20-25-24-19(28-20)12-7-8-15-13(10-12)14(11-22-15)16-4-3-5-17(23-16)26-9-2-1-6-18(26)27/h1-11,22H,(H2,21,25). The number of aromatic amines is 1. The molecule has 0 spiro atoms. The van der Waals surface area contributed by atoms with E-state index in [-0.39, 0.29) is 5.56 Å². The quantitative estimate of drug-likeness (QED) is 0.494. The molecule has 8 heteroatoms. The summed E-state index contributed by atoms with van der Waals surface area (Å²) in [5, 5.41) is 10.2. The predicted molar refractivity (Wildman–Crippen MR) is 110 cm³/mol. The Balaban J connectivity index is 1.64. The summed E-state index contributed by atoms with van der Waals surface area (Å²) in [5.41, 5.74) is 9.24. The fraction of sp³-hybridized carbons (Fsp3) is 0. The SMILES string of the molecule is Nc1nnc(-c2ccc3[nH]cc(-c4cccc(-n5ccccc5=O)n4)c3c2)s1. The first kappa shape index (κ1) is 16.4. The van der Waals surface area contributed by atoms with Gasteiger partial charge in [0.05, 0.1) is 5.69 Å². The number of hydrogen-bond donors (Lipinski definition) is 2. The Bertz CT molecular complexity index is 1370. The Morgan fingerprint density at radius 1 is 1.04 bits per heavy atom. The number of hydrogen-bond acceptors (Lipinski definition) is 6. The zero-order valence-electron chi connectivity index (χ0n) is 14.5. The maximum atomic E-state index is 12.1. The lowest BCUT2D eigenvalue weighted by Crippen LogP contribution is -2.16. The van der Waals surface area contributed by atoms with E-state index < -0.39 is 0 Å². The Morgan fingerprint density at radius 2 is 1.96 bits per heavy atom. The molecule has 0 unspecified atom stereocenters. The molecule has 7 nitrogen and oxygen atoms in total. The summed E-state index contributed by atoms with van der Waals surface area (Å²) in [6.45, 7) is 0. The van der Waals surface area contributed by atoms with Crippen molar-refractivity contribution in [2.24, 2.45) is 0 Å². The minimum Gasteiger partial charge on any atom is -0.374 e. The first-order chi connectivity index (χ1) is 13.7. The molecule has 3 N–H and O–H groups in total. The van der Waals surface area contributed by atoms with Crippen LogP contribution in [-0.2, 0) is 0 Å². The second-order valence-electron chi connectivity index (χ2n) is 6.20. The number of fused-ring (bicyclic) bond motifs is 1. The van der Waals surface area contributed by atoms with E-state index in [0.29, 0.717) is 10.9 Å². The van der Waals surface area contributed by atoms with Crippen LogP contribution in [0.5, 0.6) is 0 Å². The molecule has 0 aliphatic rings. The van der Waals surface area contributed by atoms with Gasteiger partial charge < -0.3 is 10.7 Å². The predicted octanol–water partition coefficient (Wildman–Crippen LogP) is 3.48. The molecule has 0 saturated carbocycles. The maximum absolute atomic E-state index is 12.1. The van der Waals surface area contributed by atoms with Gasteiger partial charge in [-0.1, -0.05) is 23.5 Å². The number of benzene rings is 1. The molecule has 0 bridgehead atoms. The van der Waals surface area contributed by atoms with E-state index in [1.54, 1.807) is 12.3 Å². The van der Waals surface area contributed by atoms with Crippen molar-refractivity contribution in [2.45, 2.75) is 0 Å². The van der Waals surface area contributed by atoms with Gasteiger partial charge in [-0.15, -0.1) is 10.2 Å². The summed E-state index contributed by atoms with van der Waals surface area (Å²) in [6.07, 6.45) is 3.63. The highest BCUT2D eigenvalue weighted by Gasteiger charge is 2.12. The zero-order chi connectivity index (χ0) is 19.1. The number of anilines is 1. The molecule has 0 amide bonds. The third kappa shape index (κ3) is 2.76. The van der Waals surface area contributed by atoms with Crippen LogP contribution in [0.25, 0.3) is 38.5 Å². The number of nitrogens with two attached hydrogens (primary N) is 1. The van der Waals surface area contributed by atoms with Crippen LogP contribution in [0, 0.1) is 0 Å². The van der Waals surface area contributed by atoms with Gasteiger partial charge >= 0.3 is 0 Å². The lowest BCUT2D eigenvalue weighted by atomic mass is 10.1. The number of nitrogens with zero attached hydrogens (tertiary/aromatic N) is 4. The van der Waals surface area contributed by atoms with E-state index in [1.165, 1.54) is 22.0 Å². The highest BCUT2D eigenvalue weighted by Crippen LogP contribution is 2.32. The van der Waals surface area contributed by atoms with Crippen LogP contribution in [0.1, 0.15) is 0 Å². The van der Waals surface area contributed by atoms with Gasteiger partial charge in [-0.2, -0.15) is 0 Å². The number of aromatic nitrogens is 5. The molecule has 0 atom stereocenters. The molecular formula is C20H14N6OS. The summed E-state index contributed by atoms with van der Waals surface area (Å²) in [5.74, 6) is 0.575. The second-order valence-corrected chi connectivity index (χ2v) is 7.21. The molecule has 28 heavy (non-hydrogen) atoms. The van der Waals surface area contributed by atoms with Crippen LogP contribution < -0.4 is 11.3 Å². The molecule has 5 aromatic rings. The highest BCUT2D eigenvalue weighted by molar-refractivity contribution is 7.18. The Labute approximate surface area is 163 Å².